The van der Waals surface area contributed by atoms with Gasteiger partial charge in [-0.15, -0.1) is 0 Å². The molecule has 3 aliphatic rings. The highest BCUT2D eigenvalue weighted by Crippen LogP contribution is 2.35. The van der Waals surface area contributed by atoms with Crippen molar-refractivity contribution in [3.63, 3.8) is 0 Å². The van der Waals surface area contributed by atoms with Crippen LogP contribution in [0.2, 0.25) is 15.1 Å². The average molecular weight is 678 g/mol. The Bertz CT molecular complexity index is 1510. The Labute approximate surface area is 263 Å². The number of amides is 3. The van der Waals surface area contributed by atoms with Gasteiger partial charge in [-0.2, -0.15) is 4.31 Å². The normalized spacial score (nSPS) is 23.6. The Kier molecular flexibility index (Phi) is 9.53. The summed E-state index contributed by atoms with van der Waals surface area (Å²) in [4.78, 5) is 42.5. The molecule has 9 nitrogen and oxygen atoms in total. The molecule has 2 heterocycles. The lowest BCUT2D eigenvalue weighted by Crippen LogP contribution is -2.76. The molecule has 0 radical (unpaired) electrons. The summed E-state index contributed by atoms with van der Waals surface area (Å²) < 4.78 is 56.6. The zero-order valence-electron chi connectivity index (χ0n) is 22.8. The number of halogens is 5. The molecule has 3 atom stereocenters. The minimum Gasteiger partial charge on any atom is -0.343 e. The lowest BCUT2D eigenvalue weighted by Gasteiger charge is -2.53. The minimum absolute atomic E-state index is 0.100. The van der Waals surface area contributed by atoms with Crippen molar-refractivity contribution in [3.05, 3.63) is 63.1 Å². The van der Waals surface area contributed by atoms with Crippen LogP contribution in [-0.4, -0.2) is 84.6 Å². The summed E-state index contributed by atoms with van der Waals surface area (Å²) in [6.07, 6.45) is -1.35. The Morgan fingerprint density at radius 2 is 1.60 bits per heavy atom. The maximum absolute atomic E-state index is 14.2. The SMILES string of the molecule is O=C(NC1CN(S(=O)(=O)c2ccc(Cl)cc2Cl)C2CN(CC(F)F)C(=O)C(Cc3ccc(Cl)cc3)N2C1=O)C1CCCC1. The number of hydrogen-bond acceptors (Lipinski definition) is 5. The second-order valence-electron chi connectivity index (χ2n) is 10.9. The topological polar surface area (TPSA) is 107 Å². The molecule has 2 aromatic carbocycles. The molecular formula is C28H29Cl3F2N4O5S. The third-order valence-corrected chi connectivity index (χ3v) is 10.9. The van der Waals surface area contributed by atoms with E-state index < -0.39 is 66.1 Å². The fraction of sp³-hybridized carbons (Fsp3) is 0.464. The maximum Gasteiger partial charge on any atom is 0.255 e. The van der Waals surface area contributed by atoms with E-state index in [2.05, 4.69) is 5.32 Å². The van der Waals surface area contributed by atoms with Gasteiger partial charge in [-0.05, 0) is 48.7 Å². The molecule has 43 heavy (non-hydrogen) atoms. The molecule has 0 bridgehead atoms. The number of sulfonamides is 1. The van der Waals surface area contributed by atoms with Crippen molar-refractivity contribution in [1.82, 2.24) is 19.4 Å². The van der Waals surface area contributed by atoms with Crippen LogP contribution in [0.25, 0.3) is 0 Å². The number of nitrogens with one attached hydrogen (secondary N) is 1. The van der Waals surface area contributed by atoms with Crippen LogP contribution in [0.5, 0.6) is 0 Å². The number of fused-ring (bicyclic) bond motifs is 1. The zero-order chi connectivity index (χ0) is 31.1. The second kappa shape index (κ2) is 12.8. The predicted molar refractivity (Wildman–Crippen MR) is 156 cm³/mol. The quantitative estimate of drug-likeness (QED) is 0.451. The fourth-order valence-corrected chi connectivity index (χ4v) is 8.48. The lowest BCUT2D eigenvalue weighted by molar-refractivity contribution is -0.169. The van der Waals surface area contributed by atoms with E-state index in [1.54, 1.807) is 24.3 Å². The molecule has 3 unspecified atom stereocenters. The Hall–Kier alpha value is -2.51. The van der Waals surface area contributed by atoms with Crippen LogP contribution in [0.4, 0.5) is 8.78 Å². The molecule has 0 spiro atoms. The third-order valence-electron chi connectivity index (χ3n) is 8.11. The highest BCUT2D eigenvalue weighted by molar-refractivity contribution is 7.89. The smallest absolute Gasteiger partial charge is 0.255 e. The van der Waals surface area contributed by atoms with Crippen LogP contribution in [-0.2, 0) is 30.8 Å². The first-order chi connectivity index (χ1) is 20.4. The molecule has 3 amide bonds. The van der Waals surface area contributed by atoms with Crippen LogP contribution in [0.15, 0.2) is 47.4 Å². The van der Waals surface area contributed by atoms with Gasteiger partial charge in [0.1, 0.15) is 23.1 Å². The number of alkyl halides is 2. The van der Waals surface area contributed by atoms with E-state index in [0.29, 0.717) is 23.4 Å². The summed E-state index contributed by atoms with van der Waals surface area (Å²) in [5.74, 6) is -2.14. The van der Waals surface area contributed by atoms with E-state index in [4.69, 9.17) is 34.8 Å². The maximum atomic E-state index is 14.2. The number of benzene rings is 2. The van der Waals surface area contributed by atoms with Gasteiger partial charge in [0.15, 0.2) is 0 Å². The molecule has 5 rings (SSSR count). The largest absolute Gasteiger partial charge is 0.343 e. The molecule has 2 saturated heterocycles. The molecule has 0 aromatic heterocycles. The summed E-state index contributed by atoms with van der Waals surface area (Å²) in [6.45, 7) is -1.93. The van der Waals surface area contributed by atoms with E-state index in [1.807, 2.05) is 0 Å². The van der Waals surface area contributed by atoms with E-state index >= 15 is 0 Å². The average Bonchev–Trinajstić information content (AvgIpc) is 3.48. The van der Waals surface area contributed by atoms with Crippen molar-refractivity contribution in [2.24, 2.45) is 5.92 Å². The van der Waals surface area contributed by atoms with E-state index in [1.165, 1.54) is 18.2 Å². The summed E-state index contributed by atoms with van der Waals surface area (Å²) in [5.41, 5.74) is 0.570. The Balaban J connectivity index is 1.59. The van der Waals surface area contributed by atoms with Crippen molar-refractivity contribution in [3.8, 4) is 0 Å². The fourth-order valence-electron chi connectivity index (χ4n) is 6.02. The van der Waals surface area contributed by atoms with Gasteiger partial charge in [0, 0.05) is 28.9 Å². The van der Waals surface area contributed by atoms with Crippen LogP contribution in [0.1, 0.15) is 31.2 Å². The van der Waals surface area contributed by atoms with Crippen molar-refractivity contribution in [1.29, 1.82) is 0 Å². The number of nitrogens with zero attached hydrogens (tertiary/aromatic N) is 3. The molecular weight excluding hydrogens is 649 g/mol. The van der Waals surface area contributed by atoms with Crippen LogP contribution in [0, 0.1) is 5.92 Å². The van der Waals surface area contributed by atoms with Gasteiger partial charge in [-0.3, -0.25) is 14.4 Å². The van der Waals surface area contributed by atoms with Crippen molar-refractivity contribution in [2.75, 3.05) is 19.6 Å². The number of carbonyl (C=O) groups excluding carboxylic acids is 3. The molecule has 1 saturated carbocycles. The van der Waals surface area contributed by atoms with Gasteiger partial charge < -0.3 is 15.1 Å². The zero-order valence-corrected chi connectivity index (χ0v) is 25.9. The first-order valence-corrected chi connectivity index (χ1v) is 16.3. The Morgan fingerprint density at radius 1 is 0.953 bits per heavy atom. The minimum atomic E-state index is -4.51. The van der Waals surface area contributed by atoms with Gasteiger partial charge in [-0.1, -0.05) is 59.8 Å². The van der Waals surface area contributed by atoms with Crippen LogP contribution < -0.4 is 5.32 Å². The van der Waals surface area contributed by atoms with Gasteiger partial charge in [0.2, 0.25) is 27.7 Å². The molecule has 232 valence electrons. The number of hydrogen-bond donors (Lipinski definition) is 1. The summed E-state index contributed by atoms with van der Waals surface area (Å²) in [6, 6.07) is 7.56. The number of piperazine rings is 1. The molecule has 2 aliphatic heterocycles. The standard InChI is InChI=1S/C28H29Cl3F2N4O5S/c29-18-7-5-16(6-8-18)11-22-28(40)35(14-24(32)33)15-25-36(43(41,42)23-10-9-19(30)12-20(23)31)13-21(27(39)37(22)25)34-26(38)17-3-1-2-4-17/h5-10,12,17,21-22,24-25H,1-4,11,13-15H2,(H,34,38). The summed E-state index contributed by atoms with van der Waals surface area (Å²) in [5, 5.41) is 3.15. The van der Waals surface area contributed by atoms with Crippen molar-refractivity contribution in [2.45, 2.75) is 61.7 Å². The highest BCUT2D eigenvalue weighted by atomic mass is 35.5. The summed E-state index contributed by atoms with van der Waals surface area (Å²) >= 11 is 18.3. The lowest BCUT2D eigenvalue weighted by atomic mass is 9.96. The first-order valence-electron chi connectivity index (χ1n) is 13.8. The van der Waals surface area contributed by atoms with Gasteiger partial charge >= 0.3 is 0 Å². The molecule has 1 N–H and O–H groups in total. The van der Waals surface area contributed by atoms with Gasteiger partial charge in [-0.25, -0.2) is 17.2 Å². The van der Waals surface area contributed by atoms with E-state index in [-0.39, 0.29) is 33.2 Å². The molecule has 2 aromatic rings. The first kappa shape index (κ1) is 31.9. The van der Waals surface area contributed by atoms with E-state index in [9.17, 15) is 31.6 Å². The van der Waals surface area contributed by atoms with Gasteiger partial charge in [0.25, 0.3) is 6.43 Å². The second-order valence-corrected chi connectivity index (χ2v) is 14.0. The Morgan fingerprint density at radius 3 is 2.23 bits per heavy atom. The number of rotatable bonds is 8. The van der Waals surface area contributed by atoms with Crippen molar-refractivity contribution >= 4 is 62.5 Å². The van der Waals surface area contributed by atoms with E-state index in [0.717, 1.165) is 26.9 Å². The van der Waals surface area contributed by atoms with Crippen molar-refractivity contribution < 1.29 is 31.6 Å². The highest BCUT2D eigenvalue weighted by Gasteiger charge is 2.54. The predicted octanol–water partition coefficient (Wildman–Crippen LogP) is 4.20. The summed E-state index contributed by atoms with van der Waals surface area (Å²) in [7, 11) is -4.51. The van der Waals surface area contributed by atoms with Crippen LogP contribution >= 0.6 is 34.8 Å². The van der Waals surface area contributed by atoms with Gasteiger partial charge in [0.05, 0.1) is 18.1 Å². The third kappa shape index (κ3) is 6.63. The molecule has 15 heteroatoms. The molecule has 3 fully saturated rings. The van der Waals surface area contributed by atoms with Crippen LogP contribution in [0.3, 0.4) is 0 Å². The number of carbonyl (C=O) groups is 3. The molecule has 1 aliphatic carbocycles. The monoisotopic (exact) mass is 676 g/mol.